The van der Waals surface area contributed by atoms with E-state index in [-0.39, 0.29) is 6.10 Å². The molecule has 1 rings (SSSR count). The summed E-state index contributed by atoms with van der Waals surface area (Å²) in [5.74, 6) is 0.627. The number of unbranched alkanes of at least 4 members (excludes halogenated alkanes) is 1. The fourth-order valence-corrected chi connectivity index (χ4v) is 1.94. The van der Waals surface area contributed by atoms with Gasteiger partial charge in [0.05, 0.1) is 6.10 Å². The van der Waals surface area contributed by atoms with Crippen LogP contribution in [0.15, 0.2) is 0 Å². The number of ether oxygens (including phenoxy) is 1. The van der Waals surface area contributed by atoms with Gasteiger partial charge in [0.1, 0.15) is 6.10 Å². The van der Waals surface area contributed by atoms with Gasteiger partial charge in [0.25, 0.3) is 0 Å². The minimum Gasteiger partial charge on any atom is -0.385 e. The van der Waals surface area contributed by atoms with E-state index in [0.717, 1.165) is 12.8 Å². The Kier molecular flexibility index (Phi) is 4.85. The van der Waals surface area contributed by atoms with Crippen molar-refractivity contribution in [2.45, 2.75) is 64.4 Å². The van der Waals surface area contributed by atoms with Gasteiger partial charge in [-0.15, -0.1) is 0 Å². The molecule has 0 aromatic heterocycles. The zero-order valence-corrected chi connectivity index (χ0v) is 9.15. The van der Waals surface area contributed by atoms with Crippen molar-refractivity contribution in [3.8, 4) is 0 Å². The maximum atomic E-state index is 9.37. The third-order valence-corrected chi connectivity index (χ3v) is 3.10. The van der Waals surface area contributed by atoms with Crippen LogP contribution in [0, 0.1) is 5.92 Å². The van der Waals surface area contributed by atoms with E-state index >= 15 is 0 Å². The summed E-state index contributed by atoms with van der Waals surface area (Å²) in [5.41, 5.74) is 0. The molecule has 2 N–H and O–H groups in total. The number of aliphatic hydroxyl groups excluding tert-OH is 2. The van der Waals surface area contributed by atoms with Crippen molar-refractivity contribution in [2.75, 3.05) is 0 Å². The average Bonchev–Trinajstić information content (AvgIpc) is 2.22. The largest absolute Gasteiger partial charge is 0.385 e. The van der Waals surface area contributed by atoms with Crippen LogP contribution in [0.25, 0.3) is 0 Å². The zero-order valence-electron chi connectivity index (χ0n) is 9.15. The number of hydrogen-bond acceptors (Lipinski definition) is 3. The lowest BCUT2D eigenvalue weighted by Crippen LogP contribution is -2.54. The quantitative estimate of drug-likeness (QED) is 0.689. The van der Waals surface area contributed by atoms with Gasteiger partial charge in [-0.1, -0.05) is 39.5 Å². The summed E-state index contributed by atoms with van der Waals surface area (Å²) in [7, 11) is 0. The van der Waals surface area contributed by atoms with Crippen molar-refractivity contribution >= 4 is 0 Å². The van der Waals surface area contributed by atoms with Crippen LogP contribution in [0.4, 0.5) is 0 Å². The summed E-state index contributed by atoms with van der Waals surface area (Å²) < 4.78 is 5.07. The molecule has 0 bridgehead atoms. The molecule has 0 amide bonds. The molecular weight excluding hydrogens is 180 g/mol. The normalized spacial score (nSPS) is 33.9. The van der Waals surface area contributed by atoms with Crippen LogP contribution >= 0.6 is 0 Å². The maximum Gasteiger partial charge on any atom is 0.183 e. The van der Waals surface area contributed by atoms with Crippen molar-refractivity contribution < 1.29 is 14.9 Å². The van der Waals surface area contributed by atoms with E-state index in [9.17, 15) is 5.11 Å². The molecule has 0 aromatic rings. The molecule has 0 aliphatic carbocycles. The standard InChI is InChI=1S/C11H22O3/c1-3-5-6-8(4-2)7-9-10(12)11(13)14-9/h8-13H,3-7H2,1-2H3. The first-order chi connectivity index (χ1) is 6.69. The van der Waals surface area contributed by atoms with Crippen LogP contribution < -0.4 is 0 Å². The Balaban J connectivity index is 2.20. The predicted molar refractivity (Wildman–Crippen MR) is 54.8 cm³/mol. The predicted octanol–water partition coefficient (Wildman–Crippen LogP) is 1.67. The van der Waals surface area contributed by atoms with Crippen molar-refractivity contribution in [3.63, 3.8) is 0 Å². The topological polar surface area (TPSA) is 49.7 Å². The Bertz CT molecular complexity index is 161. The summed E-state index contributed by atoms with van der Waals surface area (Å²) in [5, 5.41) is 18.3. The summed E-state index contributed by atoms with van der Waals surface area (Å²) in [4.78, 5) is 0. The molecule has 1 saturated heterocycles. The van der Waals surface area contributed by atoms with Gasteiger partial charge in [-0.05, 0) is 12.3 Å². The van der Waals surface area contributed by atoms with Gasteiger partial charge < -0.3 is 14.9 Å². The molecule has 3 nitrogen and oxygen atoms in total. The molecular formula is C11H22O3. The molecule has 3 heteroatoms. The lowest BCUT2D eigenvalue weighted by molar-refractivity contribution is -0.309. The highest BCUT2D eigenvalue weighted by Gasteiger charge is 2.40. The fourth-order valence-electron chi connectivity index (χ4n) is 1.94. The first-order valence-electron chi connectivity index (χ1n) is 5.70. The van der Waals surface area contributed by atoms with Crippen LogP contribution in [0.1, 0.15) is 46.0 Å². The van der Waals surface area contributed by atoms with E-state index in [2.05, 4.69) is 13.8 Å². The van der Waals surface area contributed by atoms with Gasteiger partial charge in [-0.3, -0.25) is 0 Å². The van der Waals surface area contributed by atoms with Crippen LogP contribution in [0.3, 0.4) is 0 Å². The minimum absolute atomic E-state index is 0.133. The van der Waals surface area contributed by atoms with E-state index in [4.69, 9.17) is 9.84 Å². The van der Waals surface area contributed by atoms with E-state index in [0.29, 0.717) is 5.92 Å². The van der Waals surface area contributed by atoms with Crippen molar-refractivity contribution in [1.82, 2.24) is 0 Å². The van der Waals surface area contributed by atoms with E-state index < -0.39 is 12.4 Å². The Morgan fingerprint density at radius 3 is 2.43 bits per heavy atom. The summed E-state index contributed by atoms with van der Waals surface area (Å²) in [6.45, 7) is 4.35. The van der Waals surface area contributed by atoms with Gasteiger partial charge in [-0.25, -0.2) is 0 Å². The van der Waals surface area contributed by atoms with Crippen molar-refractivity contribution in [1.29, 1.82) is 0 Å². The number of rotatable bonds is 6. The van der Waals surface area contributed by atoms with Crippen LogP contribution in [0.5, 0.6) is 0 Å². The smallest absolute Gasteiger partial charge is 0.183 e. The highest BCUT2D eigenvalue weighted by atomic mass is 16.7. The molecule has 1 aliphatic heterocycles. The van der Waals surface area contributed by atoms with E-state index in [1.807, 2.05) is 0 Å². The minimum atomic E-state index is -0.941. The van der Waals surface area contributed by atoms with E-state index in [1.54, 1.807) is 0 Å². The zero-order chi connectivity index (χ0) is 10.6. The van der Waals surface area contributed by atoms with Crippen LogP contribution in [-0.4, -0.2) is 28.7 Å². The monoisotopic (exact) mass is 202 g/mol. The van der Waals surface area contributed by atoms with E-state index in [1.165, 1.54) is 19.3 Å². The van der Waals surface area contributed by atoms with Gasteiger partial charge in [-0.2, -0.15) is 0 Å². The first-order valence-corrected chi connectivity index (χ1v) is 5.70. The van der Waals surface area contributed by atoms with Crippen LogP contribution in [0.2, 0.25) is 0 Å². The van der Waals surface area contributed by atoms with Gasteiger partial charge in [0, 0.05) is 0 Å². The summed E-state index contributed by atoms with van der Waals surface area (Å²) in [6, 6.07) is 0. The van der Waals surface area contributed by atoms with Crippen molar-refractivity contribution in [3.05, 3.63) is 0 Å². The molecule has 0 spiro atoms. The lowest BCUT2D eigenvalue weighted by atomic mass is 9.89. The third-order valence-electron chi connectivity index (χ3n) is 3.10. The Morgan fingerprint density at radius 2 is 2.00 bits per heavy atom. The molecule has 0 radical (unpaired) electrons. The highest BCUT2D eigenvalue weighted by molar-refractivity contribution is 4.83. The van der Waals surface area contributed by atoms with Gasteiger partial charge in [0.2, 0.25) is 0 Å². The lowest BCUT2D eigenvalue weighted by Gasteiger charge is -2.39. The second-order valence-electron chi connectivity index (χ2n) is 4.21. The molecule has 1 heterocycles. The molecule has 0 aromatic carbocycles. The maximum absolute atomic E-state index is 9.37. The Hall–Kier alpha value is -0.120. The first kappa shape index (κ1) is 12.0. The summed E-state index contributed by atoms with van der Waals surface area (Å²) in [6.07, 6.45) is 3.94. The molecule has 4 atom stereocenters. The average molecular weight is 202 g/mol. The van der Waals surface area contributed by atoms with Crippen LogP contribution in [-0.2, 0) is 4.74 Å². The molecule has 4 unspecified atom stereocenters. The molecule has 1 fully saturated rings. The Labute approximate surface area is 86.1 Å². The molecule has 14 heavy (non-hydrogen) atoms. The second kappa shape index (κ2) is 5.69. The third kappa shape index (κ3) is 2.94. The second-order valence-corrected chi connectivity index (χ2v) is 4.21. The molecule has 0 saturated carbocycles. The number of aliphatic hydroxyl groups is 2. The molecule has 1 aliphatic rings. The highest BCUT2D eigenvalue weighted by Crippen LogP contribution is 2.28. The SMILES string of the molecule is CCCCC(CC)CC1OC(O)C1O. The van der Waals surface area contributed by atoms with Crippen molar-refractivity contribution in [2.24, 2.45) is 5.92 Å². The summed E-state index contributed by atoms with van der Waals surface area (Å²) >= 11 is 0. The van der Waals surface area contributed by atoms with Gasteiger partial charge >= 0.3 is 0 Å². The Morgan fingerprint density at radius 1 is 1.29 bits per heavy atom. The van der Waals surface area contributed by atoms with Gasteiger partial charge in [0.15, 0.2) is 6.29 Å². The fraction of sp³-hybridized carbons (Fsp3) is 1.00. The molecule has 84 valence electrons. The number of hydrogen-bond donors (Lipinski definition) is 2.